The van der Waals surface area contributed by atoms with Crippen molar-refractivity contribution in [2.75, 3.05) is 0 Å². The molecule has 0 fully saturated rings. The molecule has 0 aliphatic heterocycles. The van der Waals surface area contributed by atoms with Crippen LogP contribution in [0.3, 0.4) is 0 Å². The Bertz CT molecular complexity index is 415. The van der Waals surface area contributed by atoms with Crippen molar-refractivity contribution in [1.82, 2.24) is 0 Å². The van der Waals surface area contributed by atoms with Gasteiger partial charge in [-0.2, -0.15) is 0 Å². The summed E-state index contributed by atoms with van der Waals surface area (Å²) in [6.45, 7) is 22.8. The first-order valence-electron chi connectivity index (χ1n) is 8.32. The molecule has 0 aromatic carbocycles. The molecule has 0 aromatic heterocycles. The molecule has 0 spiro atoms. The SMILES string of the molecule is C=CCC/C=C(\C=C(\OC(C)(C)C)O[Si](C)(C)C)O[Si](C)(C)C. The van der Waals surface area contributed by atoms with Crippen LogP contribution in [0.5, 0.6) is 0 Å². The Kier molecular flexibility index (Phi) is 8.42. The molecule has 0 aliphatic carbocycles. The van der Waals surface area contributed by atoms with Crippen LogP contribution >= 0.6 is 0 Å². The van der Waals surface area contributed by atoms with Crippen molar-refractivity contribution in [2.24, 2.45) is 0 Å². The molecule has 0 saturated carbocycles. The maximum atomic E-state index is 6.19. The molecule has 0 amide bonds. The summed E-state index contributed by atoms with van der Waals surface area (Å²) in [5.41, 5.74) is -0.309. The molecule has 0 unspecified atom stereocenters. The zero-order valence-corrected chi connectivity index (χ0v) is 18.6. The lowest BCUT2D eigenvalue weighted by Crippen LogP contribution is -2.30. The summed E-state index contributed by atoms with van der Waals surface area (Å²) in [6, 6.07) is 0. The third-order valence-corrected chi connectivity index (χ3v) is 3.88. The normalized spacial score (nSPS) is 14.5. The van der Waals surface area contributed by atoms with Gasteiger partial charge in [-0.15, -0.1) is 6.58 Å². The molecule has 23 heavy (non-hydrogen) atoms. The molecule has 0 aliphatic rings. The summed E-state index contributed by atoms with van der Waals surface area (Å²) in [4.78, 5) is 0. The first-order valence-corrected chi connectivity index (χ1v) is 15.1. The largest absolute Gasteiger partial charge is 0.544 e. The highest BCUT2D eigenvalue weighted by Gasteiger charge is 2.24. The molecule has 0 N–H and O–H groups in total. The van der Waals surface area contributed by atoms with Crippen LogP contribution < -0.4 is 0 Å². The molecule has 0 radical (unpaired) electrons. The second-order valence-corrected chi connectivity index (χ2v) is 17.4. The number of hydrogen-bond donors (Lipinski definition) is 0. The lowest BCUT2D eigenvalue weighted by molar-refractivity contribution is -0.00879. The summed E-state index contributed by atoms with van der Waals surface area (Å²) in [5, 5.41) is 0. The van der Waals surface area contributed by atoms with E-state index in [-0.39, 0.29) is 5.60 Å². The van der Waals surface area contributed by atoms with Gasteiger partial charge in [0.15, 0.2) is 0 Å². The monoisotopic (exact) mass is 356 g/mol. The average Bonchev–Trinajstić information content (AvgIpc) is 2.21. The second kappa shape index (κ2) is 8.78. The van der Waals surface area contributed by atoms with Crippen molar-refractivity contribution in [3.8, 4) is 0 Å². The Balaban J connectivity index is 5.49. The van der Waals surface area contributed by atoms with Gasteiger partial charge < -0.3 is 13.6 Å². The third kappa shape index (κ3) is 14.4. The summed E-state index contributed by atoms with van der Waals surface area (Å²) in [5.74, 6) is 1.39. The fourth-order valence-corrected chi connectivity index (χ4v) is 3.18. The number of rotatable bonds is 9. The van der Waals surface area contributed by atoms with E-state index in [1.807, 2.05) is 32.9 Å². The predicted octanol–water partition coefficient (Wildman–Crippen LogP) is 6.20. The van der Waals surface area contributed by atoms with E-state index in [0.717, 1.165) is 18.6 Å². The predicted molar refractivity (Wildman–Crippen MR) is 105 cm³/mol. The summed E-state index contributed by atoms with van der Waals surface area (Å²) in [6.07, 6.45) is 7.74. The minimum Gasteiger partial charge on any atom is -0.544 e. The molecular formula is C18H36O3Si2. The molecule has 0 aromatic rings. The lowest BCUT2D eigenvalue weighted by atomic mass is 10.2. The molecule has 0 rings (SSSR count). The van der Waals surface area contributed by atoms with Gasteiger partial charge in [0.2, 0.25) is 16.6 Å². The molecule has 0 heterocycles. The van der Waals surface area contributed by atoms with Crippen LogP contribution in [0.15, 0.2) is 36.5 Å². The molecule has 0 saturated heterocycles. The van der Waals surface area contributed by atoms with E-state index in [1.165, 1.54) is 0 Å². The molecular weight excluding hydrogens is 320 g/mol. The Morgan fingerprint density at radius 1 is 0.913 bits per heavy atom. The maximum Gasteiger partial charge on any atom is 0.269 e. The van der Waals surface area contributed by atoms with Crippen molar-refractivity contribution in [3.05, 3.63) is 36.5 Å². The van der Waals surface area contributed by atoms with Gasteiger partial charge in [-0.05, 0) is 79.0 Å². The topological polar surface area (TPSA) is 27.7 Å². The number of ether oxygens (including phenoxy) is 1. The molecule has 3 nitrogen and oxygen atoms in total. The van der Waals surface area contributed by atoms with Gasteiger partial charge in [-0.25, -0.2) is 0 Å². The van der Waals surface area contributed by atoms with Gasteiger partial charge in [0.1, 0.15) is 11.4 Å². The number of hydrogen-bond acceptors (Lipinski definition) is 3. The first-order chi connectivity index (χ1) is 10.2. The van der Waals surface area contributed by atoms with Crippen molar-refractivity contribution < 1.29 is 13.6 Å². The smallest absolute Gasteiger partial charge is 0.269 e. The summed E-state index contributed by atoms with van der Waals surface area (Å²) >= 11 is 0. The van der Waals surface area contributed by atoms with E-state index in [0.29, 0.717) is 5.95 Å². The fraction of sp³-hybridized carbons (Fsp3) is 0.667. The highest BCUT2D eigenvalue weighted by Crippen LogP contribution is 2.22. The van der Waals surface area contributed by atoms with Crippen LogP contribution in [0, 0.1) is 0 Å². The van der Waals surface area contributed by atoms with Gasteiger partial charge in [0.05, 0.1) is 6.08 Å². The Hall–Kier alpha value is -0.946. The number of unbranched alkanes of at least 4 members (excludes halogenated alkanes) is 1. The quantitative estimate of drug-likeness (QED) is 0.162. The molecule has 5 heteroatoms. The number of allylic oxidation sites excluding steroid dienone is 3. The van der Waals surface area contributed by atoms with Crippen LogP contribution in [0.4, 0.5) is 0 Å². The Morgan fingerprint density at radius 3 is 1.83 bits per heavy atom. The standard InChI is InChI=1S/C18H36O3Si2/c1-11-12-13-14-16(20-22(5,6)7)15-17(19-18(2,3)4)21-23(8,9)10/h11,14-15H,1,12-13H2,2-10H3/b16-14+,17-15-. The van der Waals surface area contributed by atoms with E-state index in [9.17, 15) is 0 Å². The third-order valence-electron chi connectivity index (χ3n) is 2.21. The van der Waals surface area contributed by atoms with Crippen molar-refractivity contribution in [2.45, 2.75) is 78.5 Å². The van der Waals surface area contributed by atoms with Gasteiger partial charge in [-0.3, -0.25) is 0 Å². The minimum absolute atomic E-state index is 0.309. The van der Waals surface area contributed by atoms with Gasteiger partial charge in [-0.1, -0.05) is 6.08 Å². The Morgan fingerprint density at radius 2 is 1.43 bits per heavy atom. The van der Waals surface area contributed by atoms with Gasteiger partial charge >= 0.3 is 0 Å². The molecule has 134 valence electrons. The van der Waals surface area contributed by atoms with Crippen molar-refractivity contribution in [1.29, 1.82) is 0 Å². The summed E-state index contributed by atoms with van der Waals surface area (Å²) < 4.78 is 18.3. The van der Waals surface area contributed by atoms with E-state index in [1.54, 1.807) is 0 Å². The van der Waals surface area contributed by atoms with Crippen LogP contribution in [0.1, 0.15) is 33.6 Å². The van der Waals surface area contributed by atoms with Crippen molar-refractivity contribution >= 4 is 16.6 Å². The van der Waals surface area contributed by atoms with Crippen LogP contribution in [0.2, 0.25) is 39.3 Å². The molecule has 0 bridgehead atoms. The lowest BCUT2D eigenvalue weighted by Gasteiger charge is -2.29. The van der Waals surface area contributed by atoms with E-state index in [4.69, 9.17) is 13.6 Å². The second-order valence-electron chi connectivity index (χ2n) is 8.58. The fourth-order valence-electron chi connectivity index (χ4n) is 1.63. The van der Waals surface area contributed by atoms with Gasteiger partial charge in [0.25, 0.3) is 5.95 Å². The highest BCUT2D eigenvalue weighted by molar-refractivity contribution is 6.70. The Labute approximate surface area is 145 Å². The van der Waals surface area contributed by atoms with Crippen molar-refractivity contribution in [3.63, 3.8) is 0 Å². The van der Waals surface area contributed by atoms with Crippen LogP contribution in [-0.2, 0) is 13.6 Å². The van der Waals surface area contributed by atoms with E-state index < -0.39 is 16.6 Å². The van der Waals surface area contributed by atoms with E-state index in [2.05, 4.69) is 51.9 Å². The summed E-state index contributed by atoms with van der Waals surface area (Å²) in [7, 11) is -3.47. The van der Waals surface area contributed by atoms with Gasteiger partial charge in [0, 0.05) is 0 Å². The van der Waals surface area contributed by atoms with E-state index >= 15 is 0 Å². The minimum atomic E-state index is -1.76. The van der Waals surface area contributed by atoms with Crippen LogP contribution in [-0.4, -0.2) is 22.2 Å². The highest BCUT2D eigenvalue weighted by atomic mass is 28.4. The van der Waals surface area contributed by atoms with Crippen LogP contribution in [0.25, 0.3) is 0 Å². The zero-order valence-electron chi connectivity index (χ0n) is 16.6. The maximum absolute atomic E-state index is 6.19. The molecule has 0 atom stereocenters. The average molecular weight is 357 g/mol. The first kappa shape index (κ1) is 22.1. The zero-order chi connectivity index (χ0) is 18.3.